The molecule has 6 rings (SSSR count). The van der Waals surface area contributed by atoms with Crippen LogP contribution in [0.2, 0.25) is 0 Å². The molecule has 3 aliphatic rings. The van der Waals surface area contributed by atoms with E-state index in [1.165, 1.54) is 4.57 Å². The number of alkyl halides is 2. The second-order valence-electron chi connectivity index (χ2n) is 10.3. The molecule has 0 bridgehead atoms. The number of para-hydroxylation sites is 2. The Morgan fingerprint density at radius 1 is 0.974 bits per heavy atom. The number of nitrogens with one attached hydrogen (secondary N) is 1. The van der Waals surface area contributed by atoms with Crippen molar-refractivity contribution in [3.05, 3.63) is 36.2 Å². The number of fused-ring (bicyclic) bond motifs is 1. The van der Waals surface area contributed by atoms with Gasteiger partial charge in [0.15, 0.2) is 5.82 Å². The van der Waals surface area contributed by atoms with Crippen LogP contribution >= 0.6 is 0 Å². The van der Waals surface area contributed by atoms with Crippen molar-refractivity contribution in [2.75, 3.05) is 56.2 Å². The molecule has 1 saturated carbocycles. The second-order valence-corrected chi connectivity index (χ2v) is 10.3. The smallest absolute Gasteiger partial charge is 0.410 e. The van der Waals surface area contributed by atoms with E-state index in [0.717, 1.165) is 38.6 Å². The monoisotopic (exact) mass is 541 g/mol. The van der Waals surface area contributed by atoms with Crippen molar-refractivity contribution >= 4 is 28.9 Å². The second kappa shape index (κ2) is 11.3. The van der Waals surface area contributed by atoms with Crippen LogP contribution in [0, 0.1) is 5.92 Å². The summed E-state index contributed by atoms with van der Waals surface area (Å²) in [5.41, 5.74) is 1.06. The quantitative estimate of drug-likeness (QED) is 0.470. The summed E-state index contributed by atoms with van der Waals surface area (Å²) in [6.07, 6.45) is 1.73. The Labute approximate surface area is 225 Å². The molecular weight excluding hydrogens is 508 g/mol. The van der Waals surface area contributed by atoms with E-state index < -0.39 is 6.43 Å². The molecule has 2 aliphatic heterocycles. The van der Waals surface area contributed by atoms with Gasteiger partial charge >= 0.3 is 6.09 Å². The molecule has 0 spiro atoms. The molecule has 12 heteroatoms. The zero-order valence-corrected chi connectivity index (χ0v) is 21.8. The zero-order chi connectivity index (χ0) is 26.8. The number of rotatable bonds is 7. The van der Waals surface area contributed by atoms with Crippen LogP contribution in [0.3, 0.4) is 0 Å². The van der Waals surface area contributed by atoms with Gasteiger partial charge in [0.05, 0.1) is 30.9 Å². The van der Waals surface area contributed by atoms with Gasteiger partial charge in [0.2, 0.25) is 5.95 Å². The highest BCUT2D eigenvalue weighted by Gasteiger charge is 2.31. The minimum absolute atomic E-state index is 0.195. The first-order valence-electron chi connectivity index (χ1n) is 13.7. The summed E-state index contributed by atoms with van der Waals surface area (Å²) in [5.74, 6) is 1.46. The fourth-order valence-corrected chi connectivity index (χ4v) is 5.80. The normalized spacial score (nSPS) is 22.4. The maximum Gasteiger partial charge on any atom is 0.410 e. The number of benzene rings is 1. The van der Waals surface area contributed by atoms with Crippen LogP contribution in [0.15, 0.2) is 30.3 Å². The Morgan fingerprint density at radius 3 is 2.51 bits per heavy atom. The number of morpholine rings is 1. The standard InChI is InChI=1S/C27H33F2N7O3/c28-24(29)25-31-20-4-1-2-5-21(20)36(25)23-16-22(34-11-14-38-15-12-34)32-26(33-23)30-17-18-6-8-19(9-7-18)35-10-3-13-39-27(35)37/h1-2,4-5,16,18-19,24H,3,6-15,17H2,(H,30,32,33). The first-order chi connectivity index (χ1) is 19.1. The predicted molar refractivity (Wildman–Crippen MR) is 142 cm³/mol. The average Bonchev–Trinajstić information content (AvgIpc) is 3.37. The minimum Gasteiger partial charge on any atom is -0.449 e. The lowest BCUT2D eigenvalue weighted by molar-refractivity contribution is 0.0435. The number of nitrogens with zero attached hydrogens (tertiary/aromatic N) is 6. The summed E-state index contributed by atoms with van der Waals surface area (Å²) in [6, 6.07) is 9.06. The molecule has 2 saturated heterocycles. The Bertz CT molecular complexity index is 1310. The van der Waals surface area contributed by atoms with Gasteiger partial charge in [-0.1, -0.05) is 12.1 Å². The Balaban J connectivity index is 1.23. The Morgan fingerprint density at radius 2 is 1.74 bits per heavy atom. The summed E-state index contributed by atoms with van der Waals surface area (Å²) in [6.45, 7) is 4.40. The predicted octanol–water partition coefficient (Wildman–Crippen LogP) is 4.40. The lowest BCUT2D eigenvalue weighted by Gasteiger charge is -2.38. The number of carbonyl (C=O) groups is 1. The number of ether oxygens (including phenoxy) is 2. The maximum atomic E-state index is 14.1. The van der Waals surface area contributed by atoms with E-state index in [0.29, 0.717) is 74.0 Å². The van der Waals surface area contributed by atoms with Crippen molar-refractivity contribution < 1.29 is 23.0 Å². The molecule has 0 unspecified atom stereocenters. The molecule has 1 amide bonds. The van der Waals surface area contributed by atoms with Gasteiger partial charge in [-0.2, -0.15) is 9.97 Å². The summed E-state index contributed by atoms with van der Waals surface area (Å²) in [4.78, 5) is 29.7. The first kappa shape index (κ1) is 25.7. The number of hydrogen-bond donors (Lipinski definition) is 1. The number of anilines is 2. The molecule has 3 fully saturated rings. The van der Waals surface area contributed by atoms with Crippen LogP contribution in [-0.4, -0.2) is 82.6 Å². The van der Waals surface area contributed by atoms with Gasteiger partial charge in [0.1, 0.15) is 11.6 Å². The molecule has 2 aromatic heterocycles. The first-order valence-corrected chi connectivity index (χ1v) is 13.7. The summed E-state index contributed by atoms with van der Waals surface area (Å²) >= 11 is 0. The Kier molecular flexibility index (Phi) is 7.45. The molecule has 39 heavy (non-hydrogen) atoms. The highest BCUT2D eigenvalue weighted by atomic mass is 19.3. The van der Waals surface area contributed by atoms with Gasteiger partial charge in [-0.15, -0.1) is 0 Å². The van der Waals surface area contributed by atoms with Gasteiger partial charge < -0.3 is 24.6 Å². The third-order valence-corrected chi connectivity index (χ3v) is 7.85. The molecule has 1 N–H and O–H groups in total. The lowest BCUT2D eigenvalue weighted by atomic mass is 9.85. The molecular formula is C27H33F2N7O3. The molecule has 3 aromatic rings. The third-order valence-electron chi connectivity index (χ3n) is 7.85. The number of aromatic nitrogens is 4. The zero-order valence-electron chi connectivity index (χ0n) is 21.8. The maximum absolute atomic E-state index is 14.1. The fourth-order valence-electron chi connectivity index (χ4n) is 5.80. The summed E-state index contributed by atoms with van der Waals surface area (Å²) < 4.78 is 40.3. The molecule has 10 nitrogen and oxygen atoms in total. The molecule has 1 aromatic carbocycles. The molecule has 0 atom stereocenters. The molecule has 0 radical (unpaired) electrons. The highest BCUT2D eigenvalue weighted by Crippen LogP contribution is 2.31. The van der Waals surface area contributed by atoms with Crippen molar-refractivity contribution in [1.29, 1.82) is 0 Å². The van der Waals surface area contributed by atoms with E-state index in [1.807, 2.05) is 4.90 Å². The van der Waals surface area contributed by atoms with Gasteiger partial charge in [-0.25, -0.2) is 18.6 Å². The van der Waals surface area contributed by atoms with Gasteiger partial charge in [0.25, 0.3) is 6.43 Å². The molecule has 208 valence electrons. The van der Waals surface area contributed by atoms with Gasteiger partial charge in [-0.05, 0) is 50.2 Å². The molecule has 4 heterocycles. The van der Waals surface area contributed by atoms with Gasteiger partial charge in [-0.3, -0.25) is 4.57 Å². The number of carbonyl (C=O) groups excluding carboxylic acids is 1. The van der Waals surface area contributed by atoms with Crippen LogP contribution in [0.4, 0.5) is 25.3 Å². The van der Waals surface area contributed by atoms with E-state index in [9.17, 15) is 13.6 Å². The Hall–Kier alpha value is -3.54. The average molecular weight is 542 g/mol. The van der Waals surface area contributed by atoms with Crippen LogP contribution in [0.25, 0.3) is 16.9 Å². The number of imidazole rings is 1. The van der Waals surface area contributed by atoms with E-state index in [2.05, 4.69) is 20.2 Å². The van der Waals surface area contributed by atoms with E-state index >= 15 is 0 Å². The number of cyclic esters (lactones) is 1. The van der Waals surface area contributed by atoms with Crippen LogP contribution in [0.1, 0.15) is 44.4 Å². The van der Waals surface area contributed by atoms with E-state index in [-0.39, 0.29) is 18.0 Å². The minimum atomic E-state index is -2.76. The van der Waals surface area contributed by atoms with Crippen molar-refractivity contribution in [1.82, 2.24) is 24.4 Å². The van der Waals surface area contributed by atoms with E-state index in [1.54, 1.807) is 30.3 Å². The van der Waals surface area contributed by atoms with Crippen molar-refractivity contribution in [2.24, 2.45) is 5.92 Å². The molecule has 1 aliphatic carbocycles. The van der Waals surface area contributed by atoms with Crippen molar-refractivity contribution in [3.8, 4) is 5.82 Å². The van der Waals surface area contributed by atoms with E-state index in [4.69, 9.17) is 14.5 Å². The summed E-state index contributed by atoms with van der Waals surface area (Å²) in [5, 5.41) is 3.39. The topological polar surface area (TPSA) is 97.6 Å². The number of halogens is 2. The van der Waals surface area contributed by atoms with Crippen LogP contribution in [-0.2, 0) is 9.47 Å². The summed E-state index contributed by atoms with van der Waals surface area (Å²) in [7, 11) is 0. The largest absolute Gasteiger partial charge is 0.449 e. The van der Waals surface area contributed by atoms with Crippen molar-refractivity contribution in [2.45, 2.75) is 44.6 Å². The lowest BCUT2D eigenvalue weighted by Crippen LogP contribution is -2.46. The van der Waals surface area contributed by atoms with Crippen molar-refractivity contribution in [3.63, 3.8) is 0 Å². The third kappa shape index (κ3) is 5.47. The van der Waals surface area contributed by atoms with Gasteiger partial charge in [0, 0.05) is 38.3 Å². The number of hydrogen-bond acceptors (Lipinski definition) is 8. The SMILES string of the molecule is O=C1OCCCN1C1CCC(CNc2nc(N3CCOCC3)cc(-n3c(C(F)F)nc4ccccc43)n2)CC1. The number of amides is 1. The van der Waals surface area contributed by atoms with Crippen LogP contribution in [0.5, 0.6) is 0 Å². The highest BCUT2D eigenvalue weighted by molar-refractivity contribution is 5.78. The fraction of sp³-hybridized carbons (Fsp3) is 0.556. The van der Waals surface area contributed by atoms with Crippen LogP contribution < -0.4 is 10.2 Å².